The van der Waals surface area contributed by atoms with E-state index in [1.54, 1.807) is 0 Å². The summed E-state index contributed by atoms with van der Waals surface area (Å²) in [5.41, 5.74) is 7.11. The summed E-state index contributed by atoms with van der Waals surface area (Å²) in [5.74, 6) is 0. The molecule has 1 aliphatic rings. The Morgan fingerprint density at radius 2 is 1.50 bits per heavy atom. The van der Waals surface area contributed by atoms with E-state index in [0.29, 0.717) is 6.54 Å². The number of nitrogens with two attached hydrogens (primary N) is 1. The predicted molar refractivity (Wildman–Crippen MR) is 78.4 cm³/mol. The lowest BCUT2D eigenvalue weighted by Gasteiger charge is -2.28. The Morgan fingerprint density at radius 3 is 1.90 bits per heavy atom. The fourth-order valence-electron chi connectivity index (χ4n) is 2.59. The van der Waals surface area contributed by atoms with Gasteiger partial charge in [-0.3, -0.25) is 0 Å². The Hall–Kier alpha value is -2.62. The largest absolute Gasteiger partial charge is 0.350 e. The highest BCUT2D eigenvalue weighted by atomic mass is 16.2. The Morgan fingerprint density at radius 1 is 1.00 bits per heavy atom. The van der Waals surface area contributed by atoms with E-state index in [0.717, 1.165) is 11.1 Å². The molecule has 2 aromatic carbocycles. The van der Waals surface area contributed by atoms with Crippen molar-refractivity contribution in [2.75, 3.05) is 6.54 Å². The number of hydrogen-bond acceptors (Lipinski definition) is 2. The third-order valence-electron chi connectivity index (χ3n) is 3.65. The van der Waals surface area contributed by atoms with Gasteiger partial charge in [0.25, 0.3) is 0 Å². The van der Waals surface area contributed by atoms with E-state index in [2.05, 4.69) is 5.10 Å². The van der Waals surface area contributed by atoms with Crippen LogP contribution in [0, 0.1) is 0 Å². The van der Waals surface area contributed by atoms with E-state index in [1.807, 2.05) is 66.9 Å². The number of carbonyl (C=O) groups excluding carboxylic acids is 1. The average Bonchev–Trinajstić information content (AvgIpc) is 2.96. The number of primary amides is 1. The smallest absolute Gasteiger partial charge is 0.335 e. The molecule has 0 saturated heterocycles. The van der Waals surface area contributed by atoms with Crippen LogP contribution in [0.15, 0.2) is 65.8 Å². The second-order valence-electron chi connectivity index (χ2n) is 4.84. The number of hydrogen-bond donors (Lipinski definition) is 1. The van der Waals surface area contributed by atoms with Crippen molar-refractivity contribution in [3.63, 3.8) is 0 Å². The van der Waals surface area contributed by atoms with E-state index in [4.69, 9.17) is 5.73 Å². The Kier molecular flexibility index (Phi) is 2.99. The van der Waals surface area contributed by atoms with Crippen LogP contribution in [0.3, 0.4) is 0 Å². The molecule has 20 heavy (non-hydrogen) atoms. The predicted octanol–water partition coefficient (Wildman–Crippen LogP) is 2.35. The van der Waals surface area contributed by atoms with Crippen molar-refractivity contribution >= 4 is 12.2 Å². The van der Waals surface area contributed by atoms with Crippen LogP contribution < -0.4 is 5.73 Å². The first-order chi connectivity index (χ1) is 9.72. The molecule has 0 unspecified atom stereocenters. The lowest BCUT2D eigenvalue weighted by Crippen LogP contribution is -2.39. The topological polar surface area (TPSA) is 58.7 Å². The van der Waals surface area contributed by atoms with Crippen LogP contribution in [0.25, 0.3) is 0 Å². The quantitative estimate of drug-likeness (QED) is 0.890. The molecule has 1 heterocycles. The highest BCUT2D eigenvalue weighted by molar-refractivity contribution is 5.85. The summed E-state index contributed by atoms with van der Waals surface area (Å²) in [6.07, 6.45) is 1.81. The number of benzene rings is 2. The van der Waals surface area contributed by atoms with Gasteiger partial charge >= 0.3 is 6.03 Å². The molecule has 2 aromatic rings. The average molecular weight is 265 g/mol. The summed E-state index contributed by atoms with van der Waals surface area (Å²) in [6, 6.07) is 19.5. The van der Waals surface area contributed by atoms with Gasteiger partial charge in [-0.05, 0) is 11.1 Å². The Labute approximate surface area is 117 Å². The van der Waals surface area contributed by atoms with Gasteiger partial charge in [0, 0.05) is 6.21 Å². The van der Waals surface area contributed by atoms with Crippen LogP contribution in [0.2, 0.25) is 0 Å². The summed E-state index contributed by atoms with van der Waals surface area (Å²) in [4.78, 5) is 11.4. The van der Waals surface area contributed by atoms with Crippen molar-refractivity contribution < 1.29 is 4.79 Å². The minimum atomic E-state index is -0.532. The standard InChI is InChI=1S/C16H15N3O/c17-15(20)19-12-16(11-18-19,13-7-3-1-4-8-13)14-9-5-2-6-10-14/h1-11H,12H2,(H2,17,20). The Bertz CT molecular complexity index is 598. The van der Waals surface area contributed by atoms with E-state index in [-0.39, 0.29) is 0 Å². The number of nitrogens with zero attached hydrogens (tertiary/aromatic N) is 2. The SMILES string of the molecule is NC(=O)N1CC(c2ccccc2)(c2ccccc2)C=N1. The Balaban J connectivity index is 2.11. The molecule has 0 fully saturated rings. The number of carbonyl (C=O) groups is 1. The molecule has 4 heteroatoms. The minimum Gasteiger partial charge on any atom is -0.350 e. The van der Waals surface area contributed by atoms with Crippen LogP contribution in [-0.4, -0.2) is 23.8 Å². The summed E-state index contributed by atoms with van der Waals surface area (Å²) < 4.78 is 0. The van der Waals surface area contributed by atoms with Crippen LogP contribution >= 0.6 is 0 Å². The molecule has 0 saturated carbocycles. The van der Waals surface area contributed by atoms with Gasteiger partial charge in [0.2, 0.25) is 0 Å². The third kappa shape index (κ3) is 1.95. The molecule has 0 aromatic heterocycles. The normalized spacial score (nSPS) is 16.3. The summed E-state index contributed by atoms with van der Waals surface area (Å²) in [7, 11) is 0. The van der Waals surface area contributed by atoms with E-state index < -0.39 is 11.4 Å². The van der Waals surface area contributed by atoms with E-state index in [9.17, 15) is 4.79 Å². The third-order valence-corrected chi connectivity index (χ3v) is 3.65. The molecule has 0 atom stereocenters. The zero-order chi connectivity index (χ0) is 14.0. The lowest BCUT2D eigenvalue weighted by atomic mass is 9.76. The summed E-state index contributed by atoms with van der Waals surface area (Å²) in [6.45, 7) is 0.427. The first kappa shape index (κ1) is 12.4. The van der Waals surface area contributed by atoms with Crippen molar-refractivity contribution in [1.82, 2.24) is 5.01 Å². The molecule has 1 aliphatic heterocycles. The summed E-state index contributed by atoms with van der Waals surface area (Å²) >= 11 is 0. The van der Waals surface area contributed by atoms with Gasteiger partial charge in [0.1, 0.15) is 0 Å². The molecule has 4 nitrogen and oxygen atoms in total. The van der Waals surface area contributed by atoms with Crippen molar-refractivity contribution in [1.29, 1.82) is 0 Å². The fourth-order valence-corrected chi connectivity index (χ4v) is 2.59. The van der Waals surface area contributed by atoms with Crippen molar-refractivity contribution in [2.45, 2.75) is 5.41 Å². The van der Waals surface area contributed by atoms with Crippen LogP contribution in [-0.2, 0) is 5.41 Å². The van der Waals surface area contributed by atoms with Crippen LogP contribution in [0.5, 0.6) is 0 Å². The summed E-state index contributed by atoms with van der Waals surface area (Å²) in [5, 5.41) is 5.48. The number of amides is 2. The zero-order valence-electron chi connectivity index (χ0n) is 10.9. The minimum absolute atomic E-state index is 0.427. The maximum atomic E-state index is 11.4. The zero-order valence-corrected chi connectivity index (χ0v) is 10.9. The number of urea groups is 1. The highest BCUT2D eigenvalue weighted by Crippen LogP contribution is 2.34. The highest BCUT2D eigenvalue weighted by Gasteiger charge is 2.40. The molecule has 100 valence electrons. The van der Waals surface area contributed by atoms with Crippen molar-refractivity contribution in [2.24, 2.45) is 10.8 Å². The van der Waals surface area contributed by atoms with Gasteiger partial charge in [0.05, 0.1) is 12.0 Å². The number of rotatable bonds is 2. The second kappa shape index (κ2) is 4.81. The van der Waals surface area contributed by atoms with Gasteiger partial charge in [-0.15, -0.1) is 0 Å². The molecular weight excluding hydrogens is 250 g/mol. The molecule has 0 radical (unpaired) electrons. The lowest BCUT2D eigenvalue weighted by molar-refractivity contribution is 0.211. The van der Waals surface area contributed by atoms with Gasteiger partial charge < -0.3 is 5.73 Å². The van der Waals surface area contributed by atoms with Crippen molar-refractivity contribution in [3.8, 4) is 0 Å². The fraction of sp³-hybridized carbons (Fsp3) is 0.125. The molecule has 2 N–H and O–H groups in total. The van der Waals surface area contributed by atoms with E-state index >= 15 is 0 Å². The molecule has 3 rings (SSSR count). The first-order valence-electron chi connectivity index (χ1n) is 6.45. The van der Waals surface area contributed by atoms with E-state index in [1.165, 1.54) is 5.01 Å². The van der Waals surface area contributed by atoms with Crippen LogP contribution in [0.1, 0.15) is 11.1 Å². The molecule has 0 bridgehead atoms. The first-order valence-corrected chi connectivity index (χ1v) is 6.45. The number of hydrazone groups is 1. The molecule has 0 spiro atoms. The molecule has 2 amide bonds. The van der Waals surface area contributed by atoms with Gasteiger partial charge in [-0.2, -0.15) is 5.10 Å². The second-order valence-corrected chi connectivity index (χ2v) is 4.84. The maximum absolute atomic E-state index is 11.4. The maximum Gasteiger partial charge on any atom is 0.335 e. The van der Waals surface area contributed by atoms with Crippen molar-refractivity contribution in [3.05, 3.63) is 71.8 Å². The van der Waals surface area contributed by atoms with Crippen LogP contribution in [0.4, 0.5) is 4.79 Å². The van der Waals surface area contributed by atoms with Gasteiger partial charge in [-0.25, -0.2) is 9.80 Å². The monoisotopic (exact) mass is 265 g/mol. The molecular formula is C16H15N3O. The van der Waals surface area contributed by atoms with Gasteiger partial charge in [0.15, 0.2) is 0 Å². The van der Waals surface area contributed by atoms with Gasteiger partial charge in [-0.1, -0.05) is 60.7 Å². The molecule has 0 aliphatic carbocycles.